The lowest BCUT2D eigenvalue weighted by molar-refractivity contribution is 1.28. The van der Waals surface area contributed by atoms with Gasteiger partial charge in [0.05, 0.1) is 0 Å². The fourth-order valence-electron chi connectivity index (χ4n) is 0.315. The molecule has 1 atom stereocenters. The Morgan fingerprint density at radius 2 is 2.14 bits per heavy atom. The normalized spacial score (nSPS) is 13.0. The van der Waals surface area contributed by atoms with Crippen molar-refractivity contribution in [1.82, 2.24) is 0 Å². The van der Waals surface area contributed by atoms with Gasteiger partial charge in [-0.25, -0.2) is 0 Å². The molecule has 2 N–H and O–H groups in total. The van der Waals surface area contributed by atoms with Crippen molar-refractivity contribution in [3.8, 4) is 5.18 Å². The maximum Gasteiger partial charge on any atom is 0.00431 e. The van der Waals surface area contributed by atoms with Crippen LogP contribution in [-0.4, -0.2) is 5.75 Å². The predicted molar refractivity (Wildman–Crippen MR) is 37.9 cm³/mol. The third kappa shape index (κ3) is 3.93. The lowest BCUT2D eigenvalue weighted by Gasteiger charge is -1.87. The smallest absolute Gasteiger partial charge is 0.00431 e. The Hall–Kier alpha value is 0.0900. The summed E-state index contributed by atoms with van der Waals surface area (Å²) in [6.45, 7) is 4.16. The SMILES string of the molecule is CCC#[SH](N)CC. The second-order valence-electron chi connectivity index (χ2n) is 1.30. The zero-order valence-electron chi connectivity index (χ0n) is 4.94. The number of nitrogens with two attached hydrogens (primary N) is 1. The molecule has 0 aromatic heterocycles. The molecule has 0 spiro atoms. The standard InChI is InChI=1S/C5H13NS/c1-3-5-7(6)4-2/h7H,3-4,6H2,1-2H3. The molecule has 7 heavy (non-hydrogen) atoms. The van der Waals surface area contributed by atoms with Crippen molar-refractivity contribution in [2.75, 3.05) is 5.75 Å². The average molecular weight is 119 g/mol. The molecule has 0 fully saturated rings. The largest absolute Gasteiger partial charge is 0.288 e. The predicted octanol–water partition coefficient (Wildman–Crippen LogP) is 1.25. The topological polar surface area (TPSA) is 26.0 Å². The van der Waals surface area contributed by atoms with E-state index in [0.717, 1.165) is 12.2 Å². The zero-order valence-corrected chi connectivity index (χ0v) is 5.83. The van der Waals surface area contributed by atoms with Gasteiger partial charge in [0.15, 0.2) is 0 Å². The minimum atomic E-state index is -0.328. The van der Waals surface area contributed by atoms with Crippen molar-refractivity contribution in [2.24, 2.45) is 5.14 Å². The highest BCUT2D eigenvalue weighted by Crippen LogP contribution is 1.93. The van der Waals surface area contributed by atoms with Crippen LogP contribution in [0.2, 0.25) is 0 Å². The summed E-state index contributed by atoms with van der Waals surface area (Å²) in [5.74, 6) is 1.07. The first-order valence-electron chi connectivity index (χ1n) is 2.57. The van der Waals surface area contributed by atoms with E-state index in [2.05, 4.69) is 19.0 Å². The number of thiol groups is 1. The van der Waals surface area contributed by atoms with E-state index in [1.807, 2.05) is 0 Å². The zero-order chi connectivity index (χ0) is 5.70. The van der Waals surface area contributed by atoms with Gasteiger partial charge >= 0.3 is 0 Å². The summed E-state index contributed by atoms with van der Waals surface area (Å²) < 4.78 is 0. The van der Waals surface area contributed by atoms with E-state index in [1.54, 1.807) is 0 Å². The second kappa shape index (κ2) is 4.25. The molecular weight excluding hydrogens is 106 g/mol. The lowest BCUT2D eigenvalue weighted by Crippen LogP contribution is -1.81. The first-order valence-corrected chi connectivity index (χ1v) is 4.16. The van der Waals surface area contributed by atoms with E-state index in [4.69, 9.17) is 5.14 Å². The number of hydrogen-bond acceptors (Lipinski definition) is 1. The van der Waals surface area contributed by atoms with Crippen LogP contribution in [0.3, 0.4) is 0 Å². The molecule has 0 rings (SSSR count). The molecule has 0 heterocycles. The lowest BCUT2D eigenvalue weighted by atomic mass is 10.6. The Morgan fingerprint density at radius 1 is 1.57 bits per heavy atom. The van der Waals surface area contributed by atoms with Crippen molar-refractivity contribution in [1.29, 1.82) is 0 Å². The van der Waals surface area contributed by atoms with Gasteiger partial charge in [-0.3, -0.25) is 5.14 Å². The van der Waals surface area contributed by atoms with Gasteiger partial charge in [0.25, 0.3) is 0 Å². The highest BCUT2D eigenvalue weighted by Gasteiger charge is 1.67. The van der Waals surface area contributed by atoms with Gasteiger partial charge < -0.3 is 0 Å². The molecular formula is C5H13NS. The highest BCUT2D eigenvalue weighted by atomic mass is 32.2. The van der Waals surface area contributed by atoms with Crippen molar-refractivity contribution < 1.29 is 0 Å². The molecule has 0 bridgehead atoms. The van der Waals surface area contributed by atoms with Crippen LogP contribution in [-0.2, 0) is 0 Å². The van der Waals surface area contributed by atoms with Crippen molar-refractivity contribution in [3.63, 3.8) is 0 Å². The maximum absolute atomic E-state index is 5.54. The quantitative estimate of drug-likeness (QED) is 0.461. The van der Waals surface area contributed by atoms with Gasteiger partial charge in [-0.1, -0.05) is 13.8 Å². The summed E-state index contributed by atoms with van der Waals surface area (Å²) in [5.41, 5.74) is 0. The van der Waals surface area contributed by atoms with Crippen LogP contribution in [0.25, 0.3) is 0 Å². The van der Waals surface area contributed by atoms with Gasteiger partial charge in [-0.05, 0) is 5.75 Å². The Bertz CT molecular complexity index is 106. The Labute approximate surface area is 47.6 Å². The van der Waals surface area contributed by atoms with E-state index in [0.29, 0.717) is 0 Å². The van der Waals surface area contributed by atoms with Gasteiger partial charge in [-0.2, -0.15) is 10.5 Å². The van der Waals surface area contributed by atoms with E-state index in [9.17, 15) is 0 Å². The minimum Gasteiger partial charge on any atom is -0.288 e. The van der Waals surface area contributed by atoms with Crippen LogP contribution in [0.15, 0.2) is 0 Å². The summed E-state index contributed by atoms with van der Waals surface area (Å²) in [4.78, 5) is 0. The molecule has 0 saturated carbocycles. The monoisotopic (exact) mass is 119 g/mol. The molecule has 0 aliphatic carbocycles. The fourth-order valence-corrected chi connectivity index (χ4v) is 0.945. The van der Waals surface area contributed by atoms with Gasteiger partial charge in [0, 0.05) is 6.42 Å². The molecule has 0 aliphatic heterocycles. The molecule has 0 saturated heterocycles. The first-order chi connectivity index (χ1) is 3.31. The van der Waals surface area contributed by atoms with Crippen molar-refractivity contribution in [3.05, 3.63) is 0 Å². The summed E-state index contributed by atoms with van der Waals surface area (Å²) >= 11 is 0. The van der Waals surface area contributed by atoms with Crippen LogP contribution in [0, 0.1) is 5.18 Å². The average Bonchev–Trinajstić information content (AvgIpc) is 1.68. The van der Waals surface area contributed by atoms with E-state index in [-0.39, 0.29) is 10.5 Å². The third-order valence-electron chi connectivity index (χ3n) is 0.702. The second-order valence-corrected chi connectivity index (χ2v) is 3.19. The Kier molecular flexibility index (Phi) is 4.31. The molecule has 1 unspecified atom stereocenters. The van der Waals surface area contributed by atoms with Crippen molar-refractivity contribution >= 4 is 10.5 Å². The van der Waals surface area contributed by atoms with Gasteiger partial charge in [0.1, 0.15) is 0 Å². The molecule has 0 aromatic carbocycles. The number of rotatable bonds is 0. The Balaban J connectivity index is 3.47. The van der Waals surface area contributed by atoms with Crippen LogP contribution in [0.5, 0.6) is 0 Å². The molecule has 0 radical (unpaired) electrons. The number of hydrogen-bond donors (Lipinski definition) is 2. The molecule has 2 heteroatoms. The summed E-state index contributed by atoms with van der Waals surface area (Å²) in [7, 11) is -0.328. The molecule has 0 amide bonds. The minimum absolute atomic E-state index is 0.328. The van der Waals surface area contributed by atoms with E-state index in [1.165, 1.54) is 0 Å². The summed E-state index contributed by atoms with van der Waals surface area (Å²) in [5, 5.41) is 8.67. The van der Waals surface area contributed by atoms with Crippen LogP contribution in [0.1, 0.15) is 20.3 Å². The fraction of sp³-hybridized carbons (Fsp3) is 0.800. The highest BCUT2D eigenvalue weighted by molar-refractivity contribution is 8.04. The first kappa shape index (κ1) is 7.09. The Morgan fingerprint density at radius 3 is 2.29 bits per heavy atom. The van der Waals surface area contributed by atoms with Gasteiger partial charge in [0.2, 0.25) is 0 Å². The summed E-state index contributed by atoms with van der Waals surface area (Å²) in [6, 6.07) is 0. The molecule has 0 aromatic rings. The van der Waals surface area contributed by atoms with E-state index < -0.39 is 0 Å². The van der Waals surface area contributed by atoms with Crippen LogP contribution in [0.4, 0.5) is 0 Å². The van der Waals surface area contributed by atoms with Crippen LogP contribution < -0.4 is 5.14 Å². The van der Waals surface area contributed by atoms with Crippen molar-refractivity contribution in [2.45, 2.75) is 20.3 Å². The molecule has 44 valence electrons. The molecule has 0 aliphatic rings. The maximum atomic E-state index is 5.54. The van der Waals surface area contributed by atoms with E-state index >= 15 is 0 Å². The molecule has 1 nitrogen and oxygen atoms in total. The third-order valence-corrected chi connectivity index (χ3v) is 2.11. The van der Waals surface area contributed by atoms with Crippen LogP contribution >= 0.6 is 10.5 Å². The summed E-state index contributed by atoms with van der Waals surface area (Å²) in [6.07, 6.45) is 0.996. The van der Waals surface area contributed by atoms with Gasteiger partial charge in [-0.15, -0.1) is 5.18 Å².